The van der Waals surface area contributed by atoms with Gasteiger partial charge < -0.3 is 15.6 Å². The van der Waals surface area contributed by atoms with Gasteiger partial charge in [0.05, 0.1) is 0 Å². The Labute approximate surface area is 124 Å². The highest BCUT2D eigenvalue weighted by atomic mass is 16.5. The Bertz CT molecular complexity index is 641. The lowest BCUT2D eigenvalue weighted by molar-refractivity contribution is 0.297. The fourth-order valence-corrected chi connectivity index (χ4v) is 2.77. The minimum atomic E-state index is 0.0989. The Morgan fingerprint density at radius 3 is 2.86 bits per heavy atom. The van der Waals surface area contributed by atoms with Gasteiger partial charge in [0.15, 0.2) is 0 Å². The molecule has 2 aromatic rings. The molecule has 0 bridgehead atoms. The van der Waals surface area contributed by atoms with E-state index in [2.05, 4.69) is 11.1 Å². The molecular weight excluding hydrogens is 264 g/mol. The Hall–Kier alpha value is -1.91. The zero-order valence-electron chi connectivity index (χ0n) is 12.0. The van der Waals surface area contributed by atoms with Crippen LogP contribution in [-0.4, -0.2) is 16.7 Å². The summed E-state index contributed by atoms with van der Waals surface area (Å²) in [7, 11) is 0. The molecule has 110 valence electrons. The fourth-order valence-electron chi connectivity index (χ4n) is 2.77. The average molecular weight is 284 g/mol. The number of aliphatic hydroxyl groups is 1. The molecule has 1 aromatic heterocycles. The van der Waals surface area contributed by atoms with E-state index in [1.54, 1.807) is 0 Å². The zero-order chi connectivity index (χ0) is 14.7. The van der Waals surface area contributed by atoms with Gasteiger partial charge in [-0.1, -0.05) is 18.2 Å². The van der Waals surface area contributed by atoms with Gasteiger partial charge in [0.25, 0.3) is 0 Å². The summed E-state index contributed by atoms with van der Waals surface area (Å²) in [6.07, 6.45) is 3.81. The first-order valence-corrected chi connectivity index (χ1v) is 7.40. The number of aryl methyl sites for hydroxylation is 2. The van der Waals surface area contributed by atoms with Gasteiger partial charge in [0.2, 0.25) is 5.88 Å². The maximum Gasteiger partial charge on any atom is 0.223 e. The first-order valence-electron chi connectivity index (χ1n) is 7.40. The first kappa shape index (κ1) is 14.0. The number of rotatable bonds is 5. The van der Waals surface area contributed by atoms with Gasteiger partial charge in [-0.15, -0.1) is 0 Å². The number of hydrogen-bond donors (Lipinski definition) is 2. The number of benzene rings is 1. The summed E-state index contributed by atoms with van der Waals surface area (Å²) in [5.41, 5.74) is 10.2. The van der Waals surface area contributed by atoms with Crippen molar-refractivity contribution in [3.05, 3.63) is 52.7 Å². The molecular formula is C17H20N2O2. The van der Waals surface area contributed by atoms with E-state index in [0.29, 0.717) is 18.8 Å². The van der Waals surface area contributed by atoms with E-state index in [4.69, 9.17) is 15.6 Å². The topological polar surface area (TPSA) is 68.4 Å². The van der Waals surface area contributed by atoms with Crippen LogP contribution in [0.5, 0.6) is 11.6 Å². The van der Waals surface area contributed by atoms with Gasteiger partial charge in [-0.05, 0) is 48.9 Å². The van der Waals surface area contributed by atoms with Gasteiger partial charge >= 0.3 is 0 Å². The molecule has 1 aliphatic rings. The highest BCUT2D eigenvalue weighted by Gasteiger charge is 2.17. The number of hydrogen-bond acceptors (Lipinski definition) is 4. The van der Waals surface area contributed by atoms with Gasteiger partial charge in [-0.25, -0.2) is 4.98 Å². The van der Waals surface area contributed by atoms with Crippen LogP contribution in [0.1, 0.15) is 28.8 Å². The molecule has 4 heteroatoms. The number of para-hydroxylation sites is 1. The second-order valence-corrected chi connectivity index (χ2v) is 5.30. The van der Waals surface area contributed by atoms with Gasteiger partial charge in [0.1, 0.15) is 5.75 Å². The molecule has 0 amide bonds. The molecule has 1 heterocycles. The summed E-state index contributed by atoms with van der Waals surface area (Å²) in [5, 5.41) is 9.15. The normalized spacial score (nSPS) is 13.2. The minimum Gasteiger partial charge on any atom is -0.438 e. The van der Waals surface area contributed by atoms with E-state index >= 15 is 0 Å². The predicted molar refractivity (Wildman–Crippen MR) is 81.5 cm³/mol. The van der Waals surface area contributed by atoms with Crippen molar-refractivity contribution in [1.29, 1.82) is 0 Å². The number of nitrogens with zero attached hydrogens (tertiary/aromatic N) is 1. The first-order chi connectivity index (χ1) is 10.3. The number of aromatic nitrogens is 1. The fraction of sp³-hybridized carbons (Fsp3) is 0.353. The van der Waals surface area contributed by atoms with Crippen molar-refractivity contribution in [1.82, 2.24) is 4.98 Å². The highest BCUT2D eigenvalue weighted by Crippen LogP contribution is 2.31. The predicted octanol–water partition coefficient (Wildman–Crippen LogP) is 2.36. The molecule has 0 fully saturated rings. The number of ether oxygens (including phenoxy) is 1. The monoisotopic (exact) mass is 284 g/mol. The molecule has 0 saturated heterocycles. The largest absolute Gasteiger partial charge is 0.438 e. The van der Waals surface area contributed by atoms with Crippen LogP contribution in [0.3, 0.4) is 0 Å². The maximum absolute atomic E-state index is 9.15. The number of fused-ring (bicyclic) bond motifs is 1. The molecule has 21 heavy (non-hydrogen) atoms. The van der Waals surface area contributed by atoms with Crippen LogP contribution in [0.2, 0.25) is 0 Å². The molecule has 4 nitrogen and oxygen atoms in total. The van der Waals surface area contributed by atoms with Crippen LogP contribution >= 0.6 is 0 Å². The van der Waals surface area contributed by atoms with Crippen molar-refractivity contribution < 1.29 is 9.84 Å². The second-order valence-electron chi connectivity index (χ2n) is 5.30. The third-order valence-electron chi connectivity index (χ3n) is 3.87. The zero-order valence-corrected chi connectivity index (χ0v) is 12.0. The number of pyridine rings is 1. The Morgan fingerprint density at radius 2 is 2.05 bits per heavy atom. The van der Waals surface area contributed by atoms with Crippen LogP contribution < -0.4 is 10.5 Å². The summed E-state index contributed by atoms with van der Waals surface area (Å²) in [5.74, 6) is 1.34. The summed E-state index contributed by atoms with van der Waals surface area (Å²) < 4.78 is 6.01. The van der Waals surface area contributed by atoms with Crippen molar-refractivity contribution in [3.8, 4) is 11.6 Å². The second kappa shape index (κ2) is 6.24. The Kier molecular flexibility index (Phi) is 4.18. The average Bonchev–Trinajstić information content (AvgIpc) is 2.96. The summed E-state index contributed by atoms with van der Waals surface area (Å²) in [4.78, 5) is 4.66. The van der Waals surface area contributed by atoms with E-state index in [9.17, 15) is 0 Å². The highest BCUT2D eigenvalue weighted by molar-refractivity contribution is 5.41. The van der Waals surface area contributed by atoms with Crippen LogP contribution in [0.25, 0.3) is 0 Å². The minimum absolute atomic E-state index is 0.0989. The Morgan fingerprint density at radius 1 is 1.19 bits per heavy atom. The smallest absolute Gasteiger partial charge is 0.223 e. The number of aliphatic hydroxyl groups excluding tert-OH is 1. The summed E-state index contributed by atoms with van der Waals surface area (Å²) in [6.45, 7) is 0.513. The van der Waals surface area contributed by atoms with E-state index in [1.807, 2.05) is 24.3 Å². The summed E-state index contributed by atoms with van der Waals surface area (Å²) >= 11 is 0. The molecule has 3 N–H and O–H groups in total. The lowest BCUT2D eigenvalue weighted by atomic mass is 10.1. The molecule has 0 atom stereocenters. The Balaban J connectivity index is 1.94. The maximum atomic E-state index is 9.15. The van der Waals surface area contributed by atoms with E-state index in [0.717, 1.165) is 41.8 Å². The lowest BCUT2D eigenvalue weighted by Gasteiger charge is -2.14. The SMILES string of the molecule is NCc1cc2c(nc1Oc1ccccc1CCO)CCC2. The van der Waals surface area contributed by atoms with Gasteiger partial charge in [0, 0.05) is 24.4 Å². The molecule has 1 aromatic carbocycles. The molecule has 1 aliphatic carbocycles. The number of nitrogens with two attached hydrogens (primary N) is 1. The van der Waals surface area contributed by atoms with Crippen LogP contribution in [0.4, 0.5) is 0 Å². The summed E-state index contributed by atoms with van der Waals surface area (Å²) in [6, 6.07) is 9.85. The molecule has 0 spiro atoms. The van der Waals surface area contributed by atoms with E-state index in [-0.39, 0.29) is 6.61 Å². The van der Waals surface area contributed by atoms with Gasteiger partial charge in [-0.2, -0.15) is 0 Å². The van der Waals surface area contributed by atoms with E-state index in [1.165, 1.54) is 5.56 Å². The quantitative estimate of drug-likeness (QED) is 0.884. The van der Waals surface area contributed by atoms with Crippen molar-refractivity contribution in [2.24, 2.45) is 5.73 Å². The van der Waals surface area contributed by atoms with Crippen molar-refractivity contribution in [2.75, 3.05) is 6.61 Å². The molecule has 0 aliphatic heterocycles. The van der Waals surface area contributed by atoms with E-state index < -0.39 is 0 Å². The standard InChI is InChI=1S/C17H20N2O2/c18-11-14-10-13-5-3-6-15(13)19-17(14)21-16-7-2-1-4-12(16)8-9-20/h1-2,4,7,10,20H,3,5-6,8-9,11,18H2. The lowest BCUT2D eigenvalue weighted by Crippen LogP contribution is -2.05. The van der Waals surface area contributed by atoms with Crippen LogP contribution in [0.15, 0.2) is 30.3 Å². The van der Waals surface area contributed by atoms with Crippen molar-refractivity contribution in [3.63, 3.8) is 0 Å². The third kappa shape index (κ3) is 2.91. The molecule has 3 rings (SSSR count). The third-order valence-corrected chi connectivity index (χ3v) is 3.87. The van der Waals surface area contributed by atoms with Crippen molar-refractivity contribution >= 4 is 0 Å². The van der Waals surface area contributed by atoms with Crippen LogP contribution in [0, 0.1) is 0 Å². The molecule has 0 unspecified atom stereocenters. The molecule has 0 saturated carbocycles. The van der Waals surface area contributed by atoms with Crippen molar-refractivity contribution in [2.45, 2.75) is 32.2 Å². The van der Waals surface area contributed by atoms with Gasteiger partial charge in [-0.3, -0.25) is 0 Å². The molecule has 0 radical (unpaired) electrons. The van der Waals surface area contributed by atoms with Crippen LogP contribution in [-0.2, 0) is 25.8 Å².